The first kappa shape index (κ1) is 12.1. The van der Waals surface area contributed by atoms with Gasteiger partial charge in [-0.25, -0.2) is 9.97 Å². The van der Waals surface area contributed by atoms with Crippen LogP contribution in [0.3, 0.4) is 0 Å². The number of fused-ring (bicyclic) bond motifs is 1. The largest absolute Gasteiger partial charge is 0.370 e. The third-order valence-corrected chi connectivity index (χ3v) is 4.60. The second kappa shape index (κ2) is 4.70. The van der Waals surface area contributed by atoms with E-state index < -0.39 is 0 Å². The van der Waals surface area contributed by atoms with Gasteiger partial charge >= 0.3 is 0 Å². The molecule has 1 aliphatic carbocycles. The summed E-state index contributed by atoms with van der Waals surface area (Å²) in [7, 11) is 0. The molecule has 2 aromatic rings. The predicted octanol–water partition coefficient (Wildman–Crippen LogP) is 2.26. The molecule has 0 radical (unpaired) electrons. The summed E-state index contributed by atoms with van der Waals surface area (Å²) >= 11 is 0. The van der Waals surface area contributed by atoms with Gasteiger partial charge in [0.1, 0.15) is 12.1 Å². The van der Waals surface area contributed by atoms with Crippen LogP contribution in [0.25, 0.3) is 11.0 Å². The molecule has 2 aliphatic rings. The van der Waals surface area contributed by atoms with Crippen molar-refractivity contribution in [1.82, 2.24) is 20.2 Å². The van der Waals surface area contributed by atoms with Gasteiger partial charge in [-0.2, -0.15) is 5.10 Å². The number of ether oxygens (including phenoxy) is 1. The highest BCUT2D eigenvalue weighted by atomic mass is 16.5. The van der Waals surface area contributed by atoms with E-state index in [0.29, 0.717) is 6.10 Å². The van der Waals surface area contributed by atoms with Crippen molar-refractivity contribution in [2.24, 2.45) is 0 Å². The Morgan fingerprint density at radius 1 is 1.30 bits per heavy atom. The van der Waals surface area contributed by atoms with E-state index in [2.05, 4.69) is 25.5 Å². The fourth-order valence-corrected chi connectivity index (χ4v) is 3.54. The van der Waals surface area contributed by atoms with Crippen LogP contribution in [0.5, 0.6) is 0 Å². The van der Waals surface area contributed by atoms with Crippen molar-refractivity contribution in [3.8, 4) is 0 Å². The van der Waals surface area contributed by atoms with Crippen molar-refractivity contribution < 1.29 is 4.74 Å². The number of aromatic amines is 1. The maximum Gasteiger partial charge on any atom is 0.160 e. The fourth-order valence-electron chi connectivity index (χ4n) is 3.54. The highest BCUT2D eigenvalue weighted by Gasteiger charge is 2.41. The first-order valence-electron chi connectivity index (χ1n) is 7.40. The van der Waals surface area contributed by atoms with Gasteiger partial charge in [-0.15, -0.1) is 0 Å². The number of nitrogens with one attached hydrogen (secondary N) is 2. The Balaban J connectivity index is 1.42. The molecule has 106 valence electrons. The van der Waals surface area contributed by atoms with Crippen molar-refractivity contribution in [3.05, 3.63) is 12.5 Å². The topological polar surface area (TPSA) is 75.7 Å². The van der Waals surface area contributed by atoms with Gasteiger partial charge in [0.05, 0.1) is 23.3 Å². The Hall–Kier alpha value is -1.69. The molecular weight excluding hydrogens is 254 g/mol. The molecule has 2 fully saturated rings. The van der Waals surface area contributed by atoms with Crippen molar-refractivity contribution in [2.75, 3.05) is 11.9 Å². The SMILES string of the molecule is c1nc(NCC2CCC3(CCCC3)O2)c2cn[nH]c2n1. The van der Waals surface area contributed by atoms with Crippen molar-refractivity contribution >= 4 is 16.9 Å². The molecule has 1 saturated carbocycles. The second-order valence-electron chi connectivity index (χ2n) is 5.90. The van der Waals surface area contributed by atoms with Crippen LogP contribution in [0.15, 0.2) is 12.5 Å². The van der Waals surface area contributed by atoms with E-state index in [0.717, 1.165) is 29.8 Å². The molecule has 0 bridgehead atoms. The molecule has 1 atom stereocenters. The minimum absolute atomic E-state index is 0.197. The molecule has 6 heteroatoms. The molecule has 1 aliphatic heterocycles. The predicted molar refractivity (Wildman–Crippen MR) is 75.5 cm³/mol. The lowest BCUT2D eigenvalue weighted by molar-refractivity contribution is -0.0307. The summed E-state index contributed by atoms with van der Waals surface area (Å²) in [6, 6.07) is 0. The van der Waals surface area contributed by atoms with Crippen LogP contribution >= 0.6 is 0 Å². The van der Waals surface area contributed by atoms with Gasteiger partial charge in [-0.3, -0.25) is 5.10 Å². The van der Waals surface area contributed by atoms with Crippen LogP contribution in [0, 0.1) is 0 Å². The van der Waals surface area contributed by atoms with Crippen LogP contribution in [0.2, 0.25) is 0 Å². The van der Waals surface area contributed by atoms with Crippen LogP contribution in [0.1, 0.15) is 38.5 Å². The van der Waals surface area contributed by atoms with Gasteiger partial charge in [0.25, 0.3) is 0 Å². The number of rotatable bonds is 3. The average Bonchev–Trinajstić information content (AvgIpc) is 3.19. The Morgan fingerprint density at radius 2 is 2.20 bits per heavy atom. The molecule has 2 aromatic heterocycles. The number of hydrogen-bond acceptors (Lipinski definition) is 5. The average molecular weight is 273 g/mol. The van der Waals surface area contributed by atoms with Gasteiger partial charge < -0.3 is 10.1 Å². The lowest BCUT2D eigenvalue weighted by Crippen LogP contribution is -2.28. The third kappa shape index (κ3) is 2.04. The first-order chi connectivity index (χ1) is 9.85. The van der Waals surface area contributed by atoms with Crippen LogP contribution < -0.4 is 5.32 Å². The van der Waals surface area contributed by atoms with E-state index >= 15 is 0 Å². The van der Waals surface area contributed by atoms with E-state index in [1.807, 2.05) is 0 Å². The van der Waals surface area contributed by atoms with Crippen LogP contribution in [0.4, 0.5) is 5.82 Å². The normalized spacial score (nSPS) is 24.7. The number of nitrogens with zero attached hydrogens (tertiary/aromatic N) is 3. The molecule has 4 rings (SSSR count). The molecule has 1 spiro atoms. The molecule has 1 unspecified atom stereocenters. The summed E-state index contributed by atoms with van der Waals surface area (Å²) < 4.78 is 6.30. The fraction of sp³-hybridized carbons (Fsp3) is 0.643. The number of H-pyrrole nitrogens is 1. The van der Waals surface area contributed by atoms with Crippen molar-refractivity contribution in [2.45, 2.75) is 50.2 Å². The Labute approximate surface area is 117 Å². The highest BCUT2D eigenvalue weighted by molar-refractivity contribution is 5.85. The zero-order valence-electron chi connectivity index (χ0n) is 11.4. The molecule has 6 nitrogen and oxygen atoms in total. The quantitative estimate of drug-likeness (QED) is 0.897. The Bertz CT molecular complexity index is 604. The van der Waals surface area contributed by atoms with E-state index in [4.69, 9.17) is 4.74 Å². The number of aromatic nitrogens is 4. The third-order valence-electron chi connectivity index (χ3n) is 4.60. The Kier molecular flexibility index (Phi) is 2.84. The highest BCUT2D eigenvalue weighted by Crippen LogP contribution is 2.43. The number of hydrogen-bond donors (Lipinski definition) is 2. The molecule has 3 heterocycles. The van der Waals surface area contributed by atoms with Gasteiger partial charge in [0.15, 0.2) is 5.65 Å². The number of anilines is 1. The molecule has 20 heavy (non-hydrogen) atoms. The first-order valence-corrected chi connectivity index (χ1v) is 7.40. The maximum absolute atomic E-state index is 6.30. The standard InChI is InChI=1S/C14H19N5O/c1-2-5-14(4-1)6-3-10(20-14)7-15-12-11-8-18-19-13(11)17-9-16-12/h8-10H,1-7H2,(H2,15,16,17,18,19). The minimum Gasteiger partial charge on any atom is -0.370 e. The molecule has 0 amide bonds. The van der Waals surface area contributed by atoms with Crippen LogP contribution in [-0.2, 0) is 4.74 Å². The van der Waals surface area contributed by atoms with Gasteiger partial charge in [-0.1, -0.05) is 12.8 Å². The van der Waals surface area contributed by atoms with Gasteiger partial charge in [0, 0.05) is 6.54 Å². The lowest BCUT2D eigenvalue weighted by Gasteiger charge is -2.24. The zero-order valence-corrected chi connectivity index (χ0v) is 11.4. The Morgan fingerprint density at radius 3 is 3.10 bits per heavy atom. The van der Waals surface area contributed by atoms with Crippen molar-refractivity contribution in [3.63, 3.8) is 0 Å². The van der Waals surface area contributed by atoms with Crippen LogP contribution in [-0.4, -0.2) is 38.4 Å². The summed E-state index contributed by atoms with van der Waals surface area (Å²) in [5.74, 6) is 0.833. The van der Waals surface area contributed by atoms with Crippen molar-refractivity contribution in [1.29, 1.82) is 0 Å². The van der Waals surface area contributed by atoms with E-state index in [1.165, 1.54) is 32.1 Å². The minimum atomic E-state index is 0.197. The summed E-state index contributed by atoms with van der Waals surface area (Å²) in [6.07, 6.45) is 11.1. The monoisotopic (exact) mass is 273 g/mol. The van der Waals surface area contributed by atoms with E-state index in [1.54, 1.807) is 12.5 Å². The molecule has 0 aromatic carbocycles. The second-order valence-corrected chi connectivity index (χ2v) is 5.90. The van der Waals surface area contributed by atoms with Gasteiger partial charge in [0.2, 0.25) is 0 Å². The maximum atomic E-state index is 6.30. The van der Waals surface area contributed by atoms with E-state index in [9.17, 15) is 0 Å². The lowest BCUT2D eigenvalue weighted by atomic mass is 9.98. The molecule has 1 saturated heterocycles. The summed E-state index contributed by atoms with van der Waals surface area (Å²) in [5, 5.41) is 11.2. The summed E-state index contributed by atoms with van der Waals surface area (Å²) in [4.78, 5) is 8.43. The smallest absolute Gasteiger partial charge is 0.160 e. The summed E-state index contributed by atoms with van der Waals surface area (Å²) in [6.45, 7) is 0.805. The molecular formula is C14H19N5O. The zero-order chi connectivity index (χ0) is 13.4. The van der Waals surface area contributed by atoms with E-state index in [-0.39, 0.29) is 5.60 Å². The summed E-state index contributed by atoms with van der Waals surface area (Å²) in [5.41, 5.74) is 0.963. The van der Waals surface area contributed by atoms with Gasteiger partial charge in [-0.05, 0) is 25.7 Å². The molecule has 2 N–H and O–H groups in total.